The van der Waals surface area contributed by atoms with Crippen LogP contribution in [-0.2, 0) is 28.0 Å². The van der Waals surface area contributed by atoms with Crippen LogP contribution in [0.2, 0.25) is 0 Å². The molecule has 3 aromatic rings. The lowest BCUT2D eigenvalue weighted by molar-refractivity contribution is -0.141. The van der Waals surface area contributed by atoms with Gasteiger partial charge in [-0.15, -0.1) is 0 Å². The Morgan fingerprint density at radius 2 is 1.88 bits per heavy atom. The van der Waals surface area contributed by atoms with Gasteiger partial charge in [0.25, 0.3) is 15.9 Å². The number of alkyl halides is 3. The maximum Gasteiger partial charge on any atom is 0.435 e. The molecule has 17 heteroatoms. The average Bonchev–Trinajstić information content (AvgIpc) is 3.51. The van der Waals surface area contributed by atoms with Gasteiger partial charge < -0.3 is 10.1 Å². The van der Waals surface area contributed by atoms with Crippen LogP contribution in [0.1, 0.15) is 28.7 Å². The second-order valence-electron chi connectivity index (χ2n) is 9.73. The SMILES string of the molecule is COC(=O)Nc1nc(C)c(S(=O)(=O)N2CCN(CC(C)NC(=O)c3cccc(-c4cn(C)nc4C(F)(F)F)c3)CC2)s1. The number of methoxy groups -OCH3 is 1. The van der Waals surface area contributed by atoms with Gasteiger partial charge in [0, 0.05) is 63.1 Å². The summed E-state index contributed by atoms with van der Waals surface area (Å²) in [5.74, 6) is -0.444. The molecule has 1 atom stereocenters. The molecule has 1 saturated heterocycles. The first-order valence-electron chi connectivity index (χ1n) is 12.8. The van der Waals surface area contributed by atoms with Crippen molar-refractivity contribution >= 4 is 38.5 Å². The number of amides is 2. The Bertz CT molecular complexity index is 1560. The molecule has 0 bridgehead atoms. The predicted octanol–water partition coefficient (Wildman–Crippen LogP) is 3.17. The minimum atomic E-state index is -4.64. The first-order chi connectivity index (χ1) is 19.7. The molecule has 2 aromatic heterocycles. The largest absolute Gasteiger partial charge is 0.453 e. The zero-order chi connectivity index (χ0) is 30.8. The molecule has 0 saturated carbocycles. The van der Waals surface area contributed by atoms with Gasteiger partial charge in [-0.3, -0.25) is 19.7 Å². The van der Waals surface area contributed by atoms with Crippen molar-refractivity contribution in [2.75, 3.05) is 45.2 Å². The molecule has 0 radical (unpaired) electrons. The van der Waals surface area contributed by atoms with Crippen molar-refractivity contribution in [3.63, 3.8) is 0 Å². The molecule has 1 unspecified atom stereocenters. The standard InChI is InChI=1S/C25H30F3N7O5S2/c1-15(29-21(36)18-7-5-6-17(12-18)19-14-33(3)32-20(19)25(26,27)28)13-34-8-10-35(11-9-34)42(38,39)22-16(2)30-23(41-22)31-24(37)40-4/h5-7,12,14-15H,8-11,13H2,1-4H3,(H,29,36)(H,30,31,37). The van der Waals surface area contributed by atoms with Crippen molar-refractivity contribution in [3.05, 3.63) is 47.4 Å². The van der Waals surface area contributed by atoms with E-state index in [1.807, 2.05) is 4.90 Å². The fourth-order valence-corrected chi connectivity index (χ4v) is 7.52. The van der Waals surface area contributed by atoms with E-state index in [0.717, 1.165) is 16.0 Å². The average molecular weight is 630 g/mol. The van der Waals surface area contributed by atoms with E-state index in [1.165, 1.54) is 48.9 Å². The summed E-state index contributed by atoms with van der Waals surface area (Å²) >= 11 is 0.848. The van der Waals surface area contributed by atoms with Crippen LogP contribution in [0.4, 0.5) is 23.1 Å². The lowest BCUT2D eigenvalue weighted by Gasteiger charge is -2.35. The van der Waals surface area contributed by atoms with Crippen molar-refractivity contribution in [1.82, 2.24) is 29.3 Å². The molecule has 2 amide bonds. The number of nitrogens with zero attached hydrogens (tertiary/aromatic N) is 5. The van der Waals surface area contributed by atoms with Gasteiger partial charge in [0.15, 0.2) is 15.0 Å². The molecule has 0 spiro atoms. The van der Waals surface area contributed by atoms with Gasteiger partial charge in [-0.25, -0.2) is 18.2 Å². The number of piperazine rings is 1. The Morgan fingerprint density at radius 3 is 2.52 bits per heavy atom. The molecule has 4 rings (SSSR count). The molecule has 12 nitrogen and oxygen atoms in total. The predicted molar refractivity (Wildman–Crippen MR) is 149 cm³/mol. The van der Waals surface area contributed by atoms with Gasteiger partial charge in [-0.05, 0) is 31.5 Å². The number of carbonyl (C=O) groups is 2. The van der Waals surface area contributed by atoms with Crippen LogP contribution in [-0.4, -0.2) is 90.3 Å². The van der Waals surface area contributed by atoms with E-state index in [4.69, 9.17) is 0 Å². The van der Waals surface area contributed by atoms with Crippen LogP contribution >= 0.6 is 11.3 Å². The number of nitrogens with one attached hydrogen (secondary N) is 2. The van der Waals surface area contributed by atoms with E-state index < -0.39 is 33.9 Å². The Balaban J connectivity index is 1.34. The zero-order valence-electron chi connectivity index (χ0n) is 23.2. The van der Waals surface area contributed by atoms with Crippen molar-refractivity contribution in [1.29, 1.82) is 0 Å². The van der Waals surface area contributed by atoms with Crippen LogP contribution < -0.4 is 10.6 Å². The highest BCUT2D eigenvalue weighted by Gasteiger charge is 2.37. The second kappa shape index (κ2) is 12.4. The highest BCUT2D eigenvalue weighted by atomic mass is 32.2. The summed E-state index contributed by atoms with van der Waals surface area (Å²) in [7, 11) is -1.25. The normalized spacial score (nSPS) is 15.8. The number of anilines is 1. The molecule has 1 aromatic carbocycles. The summed E-state index contributed by atoms with van der Waals surface area (Å²) in [6.07, 6.45) is -4.13. The summed E-state index contributed by atoms with van der Waals surface area (Å²) in [4.78, 5) is 30.5. The van der Waals surface area contributed by atoms with Gasteiger partial charge >= 0.3 is 12.3 Å². The molecular weight excluding hydrogens is 599 g/mol. The van der Waals surface area contributed by atoms with Gasteiger partial charge in [0.05, 0.1) is 12.8 Å². The van der Waals surface area contributed by atoms with Crippen molar-refractivity contribution < 1.29 is 35.9 Å². The van der Waals surface area contributed by atoms with E-state index >= 15 is 0 Å². The maximum atomic E-state index is 13.4. The van der Waals surface area contributed by atoms with E-state index in [1.54, 1.807) is 13.8 Å². The van der Waals surface area contributed by atoms with Crippen molar-refractivity contribution in [2.45, 2.75) is 30.3 Å². The number of hydrogen-bond acceptors (Lipinski definition) is 9. The first-order valence-corrected chi connectivity index (χ1v) is 15.0. The van der Waals surface area contributed by atoms with Crippen LogP contribution in [0.15, 0.2) is 34.7 Å². The molecule has 2 N–H and O–H groups in total. The monoisotopic (exact) mass is 629 g/mol. The molecule has 1 aliphatic heterocycles. The third kappa shape index (κ3) is 7.08. The summed E-state index contributed by atoms with van der Waals surface area (Å²) in [5.41, 5.74) is -0.455. The third-order valence-electron chi connectivity index (χ3n) is 6.50. The van der Waals surface area contributed by atoms with E-state index in [0.29, 0.717) is 19.6 Å². The Hall–Kier alpha value is -3.54. The lowest BCUT2D eigenvalue weighted by Crippen LogP contribution is -2.52. The van der Waals surface area contributed by atoms with Crippen LogP contribution in [0.5, 0.6) is 0 Å². The Labute approximate surface area is 244 Å². The Kier molecular flexibility index (Phi) is 9.24. The molecular formula is C25H30F3N7O5S2. The van der Waals surface area contributed by atoms with Gasteiger partial charge in [-0.2, -0.15) is 22.6 Å². The number of rotatable bonds is 8. The van der Waals surface area contributed by atoms with Crippen LogP contribution in [0.25, 0.3) is 11.1 Å². The van der Waals surface area contributed by atoms with Gasteiger partial charge in [-0.1, -0.05) is 23.5 Å². The summed E-state index contributed by atoms with van der Waals surface area (Å²) in [6.45, 7) is 5.05. The van der Waals surface area contributed by atoms with Crippen molar-refractivity contribution in [3.8, 4) is 11.1 Å². The molecule has 42 heavy (non-hydrogen) atoms. The number of benzene rings is 1. The molecule has 228 valence electrons. The topological polar surface area (TPSA) is 139 Å². The highest BCUT2D eigenvalue weighted by Crippen LogP contribution is 2.36. The third-order valence-corrected chi connectivity index (χ3v) is 10.1. The zero-order valence-corrected chi connectivity index (χ0v) is 24.9. The molecule has 1 aliphatic rings. The minimum absolute atomic E-state index is 0.0406. The quantitative estimate of drug-likeness (QED) is 0.388. The fraction of sp³-hybridized carbons (Fsp3) is 0.440. The van der Waals surface area contributed by atoms with Crippen LogP contribution in [0.3, 0.4) is 0 Å². The van der Waals surface area contributed by atoms with E-state index in [-0.39, 0.29) is 50.9 Å². The number of thiazole rings is 1. The maximum absolute atomic E-state index is 13.4. The van der Waals surface area contributed by atoms with E-state index in [9.17, 15) is 31.2 Å². The first kappa shape index (κ1) is 31.4. The molecule has 1 fully saturated rings. The van der Waals surface area contributed by atoms with Crippen molar-refractivity contribution in [2.24, 2.45) is 7.05 Å². The second-order valence-corrected chi connectivity index (χ2v) is 12.9. The van der Waals surface area contributed by atoms with Crippen LogP contribution in [0, 0.1) is 6.92 Å². The number of halogens is 3. The summed E-state index contributed by atoms with van der Waals surface area (Å²) in [6, 6.07) is 5.59. The number of ether oxygens (including phenoxy) is 1. The number of aryl methyl sites for hydroxylation is 2. The number of hydrogen-bond donors (Lipinski definition) is 2. The minimum Gasteiger partial charge on any atom is -0.453 e. The smallest absolute Gasteiger partial charge is 0.435 e. The fourth-order valence-electron chi connectivity index (χ4n) is 4.56. The number of aromatic nitrogens is 3. The van der Waals surface area contributed by atoms with E-state index in [2.05, 4.69) is 25.5 Å². The number of carbonyl (C=O) groups excluding carboxylic acids is 2. The lowest BCUT2D eigenvalue weighted by atomic mass is 10.0. The van der Waals surface area contributed by atoms with Gasteiger partial charge in [0.2, 0.25) is 0 Å². The highest BCUT2D eigenvalue weighted by molar-refractivity contribution is 7.91. The Morgan fingerprint density at radius 1 is 1.19 bits per heavy atom. The molecule has 3 heterocycles. The number of sulfonamides is 1. The van der Waals surface area contributed by atoms with Gasteiger partial charge in [0.1, 0.15) is 0 Å². The summed E-state index contributed by atoms with van der Waals surface area (Å²) < 4.78 is 73.7. The molecule has 0 aliphatic carbocycles. The summed E-state index contributed by atoms with van der Waals surface area (Å²) in [5, 5.41) is 8.88.